The van der Waals surface area contributed by atoms with Crippen LogP contribution >= 0.6 is 0 Å². The molecule has 0 spiro atoms. The third kappa shape index (κ3) is 2.61. The highest BCUT2D eigenvalue weighted by molar-refractivity contribution is 5.95. The minimum absolute atomic E-state index is 0.0419. The van der Waals surface area contributed by atoms with E-state index in [-0.39, 0.29) is 17.9 Å². The molecule has 0 bridgehead atoms. The molecule has 1 aromatic rings. The van der Waals surface area contributed by atoms with Crippen LogP contribution in [0.3, 0.4) is 0 Å². The monoisotopic (exact) mass is 248 g/mol. The Hall–Kier alpha value is -1.62. The summed E-state index contributed by atoms with van der Waals surface area (Å²) in [5, 5.41) is 6.27. The van der Waals surface area contributed by atoms with Crippen LogP contribution in [-0.2, 0) is 4.79 Å². The van der Waals surface area contributed by atoms with Gasteiger partial charge < -0.3 is 15.5 Å². The van der Waals surface area contributed by atoms with Gasteiger partial charge in [0.2, 0.25) is 5.91 Å². The van der Waals surface area contributed by atoms with E-state index in [1.54, 1.807) is 6.20 Å². The molecule has 2 N–H and O–H groups in total. The number of hydrogen-bond donors (Lipinski definition) is 2. The zero-order chi connectivity index (χ0) is 13.1. The van der Waals surface area contributed by atoms with E-state index in [0.29, 0.717) is 0 Å². The van der Waals surface area contributed by atoms with Gasteiger partial charge in [0.1, 0.15) is 0 Å². The van der Waals surface area contributed by atoms with Gasteiger partial charge in [-0.1, -0.05) is 0 Å². The number of carbonyl (C=O) groups is 1. The van der Waals surface area contributed by atoms with E-state index in [1.165, 1.54) is 0 Å². The van der Waals surface area contributed by atoms with Crippen LogP contribution in [0.1, 0.15) is 13.3 Å². The third-order valence-corrected chi connectivity index (χ3v) is 3.33. The Morgan fingerprint density at radius 3 is 2.94 bits per heavy atom. The quantitative estimate of drug-likeness (QED) is 0.840. The molecule has 1 aliphatic heterocycles. The number of carbonyl (C=O) groups excluding carboxylic acids is 1. The van der Waals surface area contributed by atoms with Crippen LogP contribution in [0.25, 0.3) is 0 Å². The summed E-state index contributed by atoms with van der Waals surface area (Å²) in [7, 11) is 3.83. The molecular weight excluding hydrogens is 228 g/mol. The molecule has 0 aliphatic carbocycles. The minimum Gasteiger partial charge on any atom is -0.361 e. The number of hydrogen-bond acceptors (Lipinski definition) is 4. The lowest BCUT2D eigenvalue weighted by molar-refractivity contribution is -0.119. The second-order valence-electron chi connectivity index (χ2n) is 4.90. The lowest BCUT2D eigenvalue weighted by atomic mass is 10.0. The second-order valence-corrected chi connectivity index (χ2v) is 4.90. The fourth-order valence-electron chi connectivity index (χ4n) is 2.29. The summed E-state index contributed by atoms with van der Waals surface area (Å²) < 4.78 is 0. The molecule has 2 heterocycles. The van der Waals surface area contributed by atoms with Crippen LogP contribution in [0.5, 0.6) is 0 Å². The van der Waals surface area contributed by atoms with Gasteiger partial charge in [-0.2, -0.15) is 0 Å². The highest BCUT2D eigenvalue weighted by atomic mass is 16.2. The Labute approximate surface area is 108 Å². The maximum absolute atomic E-state index is 12.2. The van der Waals surface area contributed by atoms with Crippen molar-refractivity contribution in [3.63, 3.8) is 0 Å². The molecule has 0 aromatic carbocycles. The van der Waals surface area contributed by atoms with E-state index in [2.05, 4.69) is 15.6 Å². The highest BCUT2D eigenvalue weighted by Gasteiger charge is 2.29. The van der Waals surface area contributed by atoms with Gasteiger partial charge in [0.25, 0.3) is 0 Å². The number of rotatable bonds is 3. The van der Waals surface area contributed by atoms with Gasteiger partial charge in [-0.3, -0.25) is 4.79 Å². The van der Waals surface area contributed by atoms with E-state index >= 15 is 0 Å². The van der Waals surface area contributed by atoms with Crippen LogP contribution in [0, 0.1) is 5.92 Å². The number of nitrogens with one attached hydrogen (secondary N) is 2. The van der Waals surface area contributed by atoms with Crippen molar-refractivity contribution in [3.8, 4) is 0 Å². The number of amides is 1. The predicted molar refractivity (Wildman–Crippen MR) is 72.8 cm³/mol. The third-order valence-electron chi connectivity index (χ3n) is 3.33. The van der Waals surface area contributed by atoms with Gasteiger partial charge in [-0.25, -0.2) is 4.98 Å². The van der Waals surface area contributed by atoms with E-state index in [9.17, 15) is 4.79 Å². The molecule has 1 aliphatic rings. The van der Waals surface area contributed by atoms with Gasteiger partial charge in [-0.15, -0.1) is 0 Å². The number of anilines is 2. The van der Waals surface area contributed by atoms with Crippen molar-refractivity contribution in [2.24, 2.45) is 5.92 Å². The molecule has 2 atom stereocenters. The largest absolute Gasteiger partial charge is 0.361 e. The fraction of sp³-hybridized carbons (Fsp3) is 0.538. The number of aromatic nitrogens is 1. The smallest absolute Gasteiger partial charge is 0.229 e. The summed E-state index contributed by atoms with van der Waals surface area (Å²) in [6.07, 6.45) is 2.62. The van der Waals surface area contributed by atoms with E-state index in [0.717, 1.165) is 24.5 Å². The molecule has 2 unspecified atom stereocenters. The molecule has 0 saturated carbocycles. The fourth-order valence-corrected chi connectivity index (χ4v) is 2.29. The zero-order valence-electron chi connectivity index (χ0n) is 11.1. The molecule has 5 nitrogen and oxygen atoms in total. The van der Waals surface area contributed by atoms with Gasteiger partial charge in [0, 0.05) is 26.3 Å². The van der Waals surface area contributed by atoms with E-state index < -0.39 is 0 Å². The van der Waals surface area contributed by atoms with Crippen molar-refractivity contribution >= 4 is 17.4 Å². The first-order valence-corrected chi connectivity index (χ1v) is 6.26. The Morgan fingerprint density at radius 1 is 1.56 bits per heavy atom. The minimum atomic E-state index is 0.0419. The van der Waals surface area contributed by atoms with E-state index in [1.807, 2.05) is 38.1 Å². The molecule has 98 valence electrons. The first kappa shape index (κ1) is 12.8. The average molecular weight is 248 g/mol. The summed E-state index contributed by atoms with van der Waals surface area (Å²) in [6.45, 7) is 2.96. The Kier molecular flexibility index (Phi) is 3.81. The summed E-state index contributed by atoms with van der Waals surface area (Å²) in [5.74, 6) is 0.897. The van der Waals surface area contributed by atoms with Crippen LogP contribution in [-0.4, -0.2) is 37.6 Å². The molecule has 5 heteroatoms. The molecule has 0 radical (unpaired) electrons. The molecule has 1 amide bonds. The summed E-state index contributed by atoms with van der Waals surface area (Å²) in [4.78, 5) is 18.4. The van der Waals surface area contributed by atoms with Crippen molar-refractivity contribution in [2.75, 3.05) is 30.9 Å². The maximum atomic E-state index is 12.2. The zero-order valence-corrected chi connectivity index (χ0v) is 11.1. The molecule has 18 heavy (non-hydrogen) atoms. The maximum Gasteiger partial charge on any atom is 0.229 e. The standard InChI is InChI=1S/C13H20N4O/c1-9-10(6-8-14-9)13(18)16-11-5-4-7-15-12(11)17(2)3/h4-5,7,9-10,14H,6,8H2,1-3H3,(H,16,18). The molecule has 1 aromatic heterocycles. The Balaban J connectivity index is 2.11. The van der Waals surface area contributed by atoms with Crippen molar-refractivity contribution < 1.29 is 4.79 Å². The van der Waals surface area contributed by atoms with Crippen molar-refractivity contribution in [3.05, 3.63) is 18.3 Å². The summed E-state index contributed by atoms with van der Waals surface area (Å²) in [5.41, 5.74) is 0.770. The lowest BCUT2D eigenvalue weighted by Crippen LogP contribution is -2.32. The molecule has 2 rings (SSSR count). The molecule has 1 fully saturated rings. The van der Waals surface area contributed by atoms with Crippen LogP contribution < -0.4 is 15.5 Å². The highest BCUT2D eigenvalue weighted by Crippen LogP contribution is 2.23. The van der Waals surface area contributed by atoms with Crippen molar-refractivity contribution in [1.82, 2.24) is 10.3 Å². The van der Waals surface area contributed by atoms with Gasteiger partial charge in [-0.05, 0) is 32.0 Å². The van der Waals surface area contributed by atoms with Crippen molar-refractivity contribution in [1.29, 1.82) is 0 Å². The average Bonchev–Trinajstić information content (AvgIpc) is 2.76. The number of nitrogens with zero attached hydrogens (tertiary/aromatic N) is 2. The SMILES string of the molecule is CC1NCCC1C(=O)Nc1cccnc1N(C)C. The summed E-state index contributed by atoms with van der Waals surface area (Å²) >= 11 is 0. The first-order chi connectivity index (χ1) is 8.59. The van der Waals surface area contributed by atoms with Gasteiger partial charge in [0.05, 0.1) is 11.6 Å². The van der Waals surface area contributed by atoms with Crippen LogP contribution in [0.2, 0.25) is 0 Å². The van der Waals surface area contributed by atoms with Crippen LogP contribution in [0.4, 0.5) is 11.5 Å². The summed E-state index contributed by atoms with van der Waals surface area (Å²) in [6, 6.07) is 3.95. The van der Waals surface area contributed by atoms with Crippen molar-refractivity contribution in [2.45, 2.75) is 19.4 Å². The Bertz CT molecular complexity index is 433. The lowest BCUT2D eigenvalue weighted by Gasteiger charge is -2.19. The Morgan fingerprint density at radius 2 is 2.33 bits per heavy atom. The second kappa shape index (κ2) is 5.35. The number of pyridine rings is 1. The molecule has 1 saturated heterocycles. The first-order valence-electron chi connectivity index (χ1n) is 6.26. The normalized spacial score (nSPS) is 22.8. The van der Waals surface area contributed by atoms with Gasteiger partial charge >= 0.3 is 0 Å². The topological polar surface area (TPSA) is 57.3 Å². The van der Waals surface area contributed by atoms with Crippen LogP contribution in [0.15, 0.2) is 18.3 Å². The van der Waals surface area contributed by atoms with Gasteiger partial charge in [0.15, 0.2) is 5.82 Å². The van der Waals surface area contributed by atoms with E-state index in [4.69, 9.17) is 0 Å². The molecular formula is C13H20N4O. The predicted octanol–water partition coefficient (Wildman–Crippen LogP) is 1.08.